The van der Waals surface area contributed by atoms with Crippen molar-refractivity contribution >= 4 is 5.91 Å². The van der Waals surface area contributed by atoms with Gasteiger partial charge in [0.2, 0.25) is 5.91 Å². The molecule has 1 saturated heterocycles. The summed E-state index contributed by atoms with van der Waals surface area (Å²) in [6.07, 6.45) is 3.84. The zero-order valence-corrected chi connectivity index (χ0v) is 9.98. The molecule has 1 aliphatic heterocycles. The number of aryl methyl sites for hydroxylation is 1. The molecule has 17 heavy (non-hydrogen) atoms. The fourth-order valence-electron chi connectivity index (χ4n) is 1.95. The summed E-state index contributed by atoms with van der Waals surface area (Å²) in [7, 11) is 0. The van der Waals surface area contributed by atoms with Crippen molar-refractivity contribution in [1.82, 2.24) is 20.5 Å². The normalized spacial score (nSPS) is 23.8. The van der Waals surface area contributed by atoms with Crippen LogP contribution in [-0.2, 0) is 16.0 Å². The molecule has 1 amide bonds. The number of hydrogen-bond donors (Lipinski definition) is 2. The minimum absolute atomic E-state index is 0.00701. The molecule has 6 nitrogen and oxygen atoms in total. The number of nitrogens with zero attached hydrogens (tertiary/aromatic N) is 2. The molecule has 0 spiro atoms. The predicted octanol–water partition coefficient (Wildman–Crippen LogP) is 0.278. The topological polar surface area (TPSA) is 79.9 Å². The Labute approximate surface area is 100 Å². The first-order chi connectivity index (χ1) is 8.27. The summed E-state index contributed by atoms with van der Waals surface area (Å²) < 4.78 is 5.39. The Morgan fingerprint density at radius 1 is 1.71 bits per heavy atom. The molecule has 1 fully saturated rings. The van der Waals surface area contributed by atoms with Gasteiger partial charge in [0.05, 0.1) is 0 Å². The third-order valence-electron chi connectivity index (χ3n) is 3.00. The molecule has 1 aliphatic rings. The highest BCUT2D eigenvalue weighted by Crippen LogP contribution is 2.19. The summed E-state index contributed by atoms with van der Waals surface area (Å²) in [5, 5.41) is 9.45. The third kappa shape index (κ3) is 3.26. The smallest absolute Gasteiger partial charge is 0.249 e. The van der Waals surface area contributed by atoms with Crippen molar-refractivity contribution in [3.05, 3.63) is 12.2 Å². The molecule has 2 heterocycles. The minimum Gasteiger partial charge on any atom is -0.368 e. The van der Waals surface area contributed by atoms with Crippen LogP contribution < -0.4 is 5.32 Å². The van der Waals surface area contributed by atoms with Crippen LogP contribution in [0, 0.1) is 5.92 Å². The van der Waals surface area contributed by atoms with E-state index in [1.807, 2.05) is 6.92 Å². The molecule has 2 N–H and O–H groups in total. The Morgan fingerprint density at radius 3 is 3.24 bits per heavy atom. The van der Waals surface area contributed by atoms with Crippen LogP contribution in [0.1, 0.15) is 25.6 Å². The van der Waals surface area contributed by atoms with Gasteiger partial charge in [-0.2, -0.15) is 5.10 Å². The van der Waals surface area contributed by atoms with E-state index in [1.54, 1.807) is 0 Å². The fourth-order valence-corrected chi connectivity index (χ4v) is 1.95. The summed E-state index contributed by atoms with van der Waals surface area (Å²) in [6.45, 7) is 3.38. The number of hydrogen-bond acceptors (Lipinski definition) is 4. The van der Waals surface area contributed by atoms with Crippen molar-refractivity contribution in [3.63, 3.8) is 0 Å². The van der Waals surface area contributed by atoms with Crippen LogP contribution >= 0.6 is 0 Å². The molecular weight excluding hydrogens is 220 g/mol. The van der Waals surface area contributed by atoms with Crippen LogP contribution in [0.5, 0.6) is 0 Å². The van der Waals surface area contributed by atoms with Gasteiger partial charge in [-0.1, -0.05) is 6.92 Å². The Bertz CT molecular complexity index is 352. The van der Waals surface area contributed by atoms with Gasteiger partial charge in [-0.15, -0.1) is 0 Å². The second-order valence-electron chi connectivity index (χ2n) is 4.38. The summed E-state index contributed by atoms with van der Waals surface area (Å²) in [4.78, 5) is 15.8. The molecule has 0 bridgehead atoms. The molecule has 2 atom stereocenters. The van der Waals surface area contributed by atoms with Crippen LogP contribution in [0.3, 0.4) is 0 Å². The number of aromatic nitrogens is 3. The van der Waals surface area contributed by atoms with Crippen LogP contribution in [-0.4, -0.2) is 40.3 Å². The van der Waals surface area contributed by atoms with Crippen LogP contribution in [0.4, 0.5) is 0 Å². The number of carbonyl (C=O) groups excluding carboxylic acids is 1. The predicted molar refractivity (Wildman–Crippen MR) is 61.2 cm³/mol. The first-order valence-corrected chi connectivity index (χ1v) is 6.01. The van der Waals surface area contributed by atoms with Gasteiger partial charge in [0.15, 0.2) is 0 Å². The van der Waals surface area contributed by atoms with E-state index >= 15 is 0 Å². The molecule has 0 aliphatic carbocycles. The summed E-state index contributed by atoms with van der Waals surface area (Å²) in [5.41, 5.74) is 0. The largest absolute Gasteiger partial charge is 0.368 e. The van der Waals surface area contributed by atoms with Crippen molar-refractivity contribution in [1.29, 1.82) is 0 Å². The van der Waals surface area contributed by atoms with Gasteiger partial charge in [0, 0.05) is 19.6 Å². The van der Waals surface area contributed by atoms with E-state index in [0.717, 1.165) is 25.1 Å². The van der Waals surface area contributed by atoms with Crippen molar-refractivity contribution in [3.8, 4) is 0 Å². The third-order valence-corrected chi connectivity index (χ3v) is 3.00. The SMILES string of the molecule is CC1CCOC1C(=O)NCCCc1ncn[nH]1. The molecule has 0 aromatic carbocycles. The second-order valence-corrected chi connectivity index (χ2v) is 4.38. The lowest BCUT2D eigenvalue weighted by molar-refractivity contribution is -0.131. The van der Waals surface area contributed by atoms with Crippen LogP contribution in [0.2, 0.25) is 0 Å². The molecule has 94 valence electrons. The molecule has 2 unspecified atom stereocenters. The molecule has 6 heteroatoms. The van der Waals surface area contributed by atoms with E-state index in [1.165, 1.54) is 6.33 Å². The number of aromatic amines is 1. The van der Waals surface area contributed by atoms with Crippen LogP contribution in [0.25, 0.3) is 0 Å². The fraction of sp³-hybridized carbons (Fsp3) is 0.727. The highest BCUT2D eigenvalue weighted by Gasteiger charge is 2.30. The Morgan fingerprint density at radius 2 is 2.59 bits per heavy atom. The monoisotopic (exact) mass is 238 g/mol. The number of carbonyl (C=O) groups is 1. The van der Waals surface area contributed by atoms with Gasteiger partial charge in [-0.05, 0) is 18.8 Å². The average Bonchev–Trinajstić information content (AvgIpc) is 2.95. The standard InChI is InChI=1S/C11H18N4O2/c1-8-4-6-17-10(8)11(16)12-5-2-3-9-13-7-14-15-9/h7-8,10H,2-6H2,1H3,(H,12,16)(H,13,14,15). The van der Waals surface area contributed by atoms with E-state index in [4.69, 9.17) is 4.74 Å². The molecule has 0 radical (unpaired) electrons. The summed E-state index contributed by atoms with van der Waals surface area (Å²) in [6, 6.07) is 0. The van der Waals surface area contributed by atoms with Gasteiger partial charge in [0.1, 0.15) is 18.3 Å². The average molecular weight is 238 g/mol. The van der Waals surface area contributed by atoms with Gasteiger partial charge in [-0.3, -0.25) is 9.89 Å². The van der Waals surface area contributed by atoms with Crippen molar-refractivity contribution in [2.75, 3.05) is 13.2 Å². The van der Waals surface area contributed by atoms with Crippen molar-refractivity contribution in [2.24, 2.45) is 5.92 Å². The van der Waals surface area contributed by atoms with E-state index in [0.29, 0.717) is 19.1 Å². The van der Waals surface area contributed by atoms with Gasteiger partial charge < -0.3 is 10.1 Å². The number of H-pyrrole nitrogens is 1. The van der Waals surface area contributed by atoms with Crippen LogP contribution in [0.15, 0.2) is 6.33 Å². The minimum atomic E-state index is -0.264. The molecule has 2 rings (SSSR count). The first-order valence-electron chi connectivity index (χ1n) is 6.01. The number of amides is 1. The van der Waals surface area contributed by atoms with E-state index in [-0.39, 0.29) is 12.0 Å². The zero-order valence-electron chi connectivity index (χ0n) is 9.98. The highest BCUT2D eigenvalue weighted by molar-refractivity contribution is 5.81. The van der Waals surface area contributed by atoms with E-state index in [9.17, 15) is 4.79 Å². The molecule has 1 aromatic heterocycles. The Balaban J connectivity index is 1.63. The molecule has 1 aromatic rings. The van der Waals surface area contributed by atoms with Gasteiger partial charge >= 0.3 is 0 Å². The maximum Gasteiger partial charge on any atom is 0.249 e. The summed E-state index contributed by atoms with van der Waals surface area (Å²) in [5.74, 6) is 1.18. The Hall–Kier alpha value is -1.43. The number of rotatable bonds is 5. The quantitative estimate of drug-likeness (QED) is 0.722. The highest BCUT2D eigenvalue weighted by atomic mass is 16.5. The van der Waals surface area contributed by atoms with Crippen molar-refractivity contribution in [2.45, 2.75) is 32.3 Å². The van der Waals surface area contributed by atoms with E-state index < -0.39 is 0 Å². The molecule has 0 saturated carbocycles. The maximum atomic E-state index is 11.7. The maximum absolute atomic E-state index is 11.7. The molecular formula is C11H18N4O2. The number of ether oxygens (including phenoxy) is 1. The number of nitrogens with one attached hydrogen (secondary N) is 2. The van der Waals surface area contributed by atoms with Gasteiger partial charge in [0.25, 0.3) is 0 Å². The summed E-state index contributed by atoms with van der Waals surface area (Å²) >= 11 is 0. The lowest BCUT2D eigenvalue weighted by Crippen LogP contribution is -2.37. The second kappa shape index (κ2) is 5.77. The van der Waals surface area contributed by atoms with Gasteiger partial charge in [-0.25, -0.2) is 4.98 Å². The van der Waals surface area contributed by atoms with E-state index in [2.05, 4.69) is 20.5 Å². The Kier molecular flexibility index (Phi) is 4.08. The first kappa shape index (κ1) is 12.0. The lowest BCUT2D eigenvalue weighted by Gasteiger charge is -2.14. The lowest BCUT2D eigenvalue weighted by atomic mass is 10.0. The van der Waals surface area contributed by atoms with Crippen molar-refractivity contribution < 1.29 is 9.53 Å². The zero-order chi connectivity index (χ0) is 12.1.